The van der Waals surface area contributed by atoms with Gasteiger partial charge in [0.05, 0.1) is 18.4 Å². The zero-order valence-corrected chi connectivity index (χ0v) is 10.7. The van der Waals surface area contributed by atoms with Crippen LogP contribution in [0.4, 0.5) is 17.6 Å². The number of carbonyl (C=O) groups is 1. The summed E-state index contributed by atoms with van der Waals surface area (Å²) in [6.45, 7) is 0. The summed E-state index contributed by atoms with van der Waals surface area (Å²) < 4.78 is 4.68. The van der Waals surface area contributed by atoms with Gasteiger partial charge in [0, 0.05) is 0 Å². The van der Waals surface area contributed by atoms with Crippen molar-refractivity contribution in [2.45, 2.75) is 0 Å². The van der Waals surface area contributed by atoms with E-state index in [1.165, 1.54) is 7.11 Å². The van der Waals surface area contributed by atoms with E-state index in [4.69, 9.17) is 17.3 Å². The summed E-state index contributed by atoms with van der Waals surface area (Å²) >= 11 is 5.67. The van der Waals surface area contributed by atoms with Gasteiger partial charge in [-0.2, -0.15) is 15.0 Å². The Morgan fingerprint density at radius 3 is 2.74 bits per heavy atom. The Kier molecular flexibility index (Phi) is 3.76. The molecule has 2 rings (SSSR count). The van der Waals surface area contributed by atoms with E-state index in [0.29, 0.717) is 11.3 Å². The molecular weight excluding hydrogens is 270 g/mol. The van der Waals surface area contributed by atoms with Crippen molar-refractivity contribution in [3.05, 3.63) is 35.1 Å². The van der Waals surface area contributed by atoms with Gasteiger partial charge in [-0.15, -0.1) is 0 Å². The van der Waals surface area contributed by atoms with Crippen LogP contribution in [0.2, 0.25) is 5.28 Å². The molecule has 1 aromatic carbocycles. The second-order valence-electron chi connectivity index (χ2n) is 3.45. The number of hydrogen-bond acceptors (Lipinski definition) is 7. The van der Waals surface area contributed by atoms with Crippen LogP contribution in [0.3, 0.4) is 0 Å². The fourth-order valence-corrected chi connectivity index (χ4v) is 1.59. The summed E-state index contributed by atoms with van der Waals surface area (Å²) in [5, 5.41) is 2.81. The number of carbonyl (C=O) groups excluding carboxylic acids is 1. The SMILES string of the molecule is COC(=O)c1ccccc1Nc1nc(N)nc(Cl)n1. The first kappa shape index (κ1) is 13.0. The van der Waals surface area contributed by atoms with Gasteiger partial charge in [-0.05, 0) is 23.7 Å². The Hall–Kier alpha value is -2.41. The number of para-hydroxylation sites is 1. The first-order chi connectivity index (χ1) is 9.10. The third-order valence-corrected chi connectivity index (χ3v) is 2.37. The Labute approximate surface area is 113 Å². The molecule has 98 valence electrons. The highest BCUT2D eigenvalue weighted by molar-refractivity contribution is 6.28. The van der Waals surface area contributed by atoms with Gasteiger partial charge in [0.15, 0.2) is 0 Å². The number of nitrogens with zero attached hydrogens (tertiary/aromatic N) is 3. The van der Waals surface area contributed by atoms with Gasteiger partial charge in [0.2, 0.25) is 17.2 Å². The molecular formula is C11H10ClN5O2. The molecule has 0 unspecified atom stereocenters. The van der Waals surface area contributed by atoms with Crippen molar-refractivity contribution in [1.29, 1.82) is 0 Å². The lowest BCUT2D eigenvalue weighted by Crippen LogP contribution is -2.08. The van der Waals surface area contributed by atoms with Gasteiger partial charge < -0.3 is 15.8 Å². The maximum Gasteiger partial charge on any atom is 0.339 e. The van der Waals surface area contributed by atoms with Crippen molar-refractivity contribution in [2.75, 3.05) is 18.2 Å². The molecule has 0 amide bonds. The first-order valence-electron chi connectivity index (χ1n) is 5.21. The van der Waals surface area contributed by atoms with E-state index < -0.39 is 5.97 Å². The molecule has 1 heterocycles. The Balaban J connectivity index is 2.35. The highest BCUT2D eigenvalue weighted by Gasteiger charge is 2.12. The van der Waals surface area contributed by atoms with Gasteiger partial charge in [-0.25, -0.2) is 4.79 Å². The van der Waals surface area contributed by atoms with E-state index in [2.05, 4.69) is 25.0 Å². The van der Waals surface area contributed by atoms with E-state index in [0.717, 1.165) is 0 Å². The van der Waals surface area contributed by atoms with Crippen molar-refractivity contribution < 1.29 is 9.53 Å². The van der Waals surface area contributed by atoms with Crippen LogP contribution in [0, 0.1) is 0 Å². The number of anilines is 3. The molecule has 0 saturated heterocycles. The number of nitrogen functional groups attached to an aromatic ring is 1. The first-order valence-corrected chi connectivity index (χ1v) is 5.59. The fourth-order valence-electron chi connectivity index (χ4n) is 1.42. The summed E-state index contributed by atoms with van der Waals surface area (Å²) in [6.07, 6.45) is 0. The van der Waals surface area contributed by atoms with E-state index in [-0.39, 0.29) is 17.2 Å². The molecule has 0 saturated carbocycles. The molecule has 0 bridgehead atoms. The highest BCUT2D eigenvalue weighted by Crippen LogP contribution is 2.20. The van der Waals surface area contributed by atoms with Crippen molar-refractivity contribution >= 4 is 35.2 Å². The normalized spacial score (nSPS) is 10.0. The topological polar surface area (TPSA) is 103 Å². The van der Waals surface area contributed by atoms with Crippen LogP contribution in [-0.2, 0) is 4.74 Å². The lowest BCUT2D eigenvalue weighted by atomic mass is 10.2. The van der Waals surface area contributed by atoms with Gasteiger partial charge in [-0.1, -0.05) is 12.1 Å². The standard InChI is InChI=1S/C11H10ClN5O2/c1-19-8(18)6-4-2-3-5-7(6)14-11-16-9(12)15-10(13)17-11/h2-5H,1H3,(H3,13,14,15,16,17). The maximum absolute atomic E-state index is 11.6. The molecule has 0 atom stereocenters. The molecule has 0 aliphatic rings. The minimum atomic E-state index is -0.476. The summed E-state index contributed by atoms with van der Waals surface area (Å²) in [6, 6.07) is 6.76. The molecule has 3 N–H and O–H groups in total. The quantitative estimate of drug-likeness (QED) is 0.823. The van der Waals surface area contributed by atoms with Crippen LogP contribution in [0.15, 0.2) is 24.3 Å². The number of nitrogens with two attached hydrogens (primary N) is 1. The lowest BCUT2D eigenvalue weighted by molar-refractivity contribution is 0.0602. The molecule has 1 aromatic heterocycles. The predicted molar refractivity (Wildman–Crippen MR) is 70.3 cm³/mol. The largest absolute Gasteiger partial charge is 0.465 e. The number of aromatic nitrogens is 3. The molecule has 0 radical (unpaired) electrons. The van der Waals surface area contributed by atoms with Crippen molar-refractivity contribution in [2.24, 2.45) is 0 Å². The monoisotopic (exact) mass is 279 g/mol. The lowest BCUT2D eigenvalue weighted by Gasteiger charge is -2.09. The van der Waals surface area contributed by atoms with Gasteiger partial charge >= 0.3 is 5.97 Å². The maximum atomic E-state index is 11.6. The summed E-state index contributed by atoms with van der Waals surface area (Å²) in [5.41, 5.74) is 6.29. The minimum absolute atomic E-state index is 0.0157. The molecule has 8 heteroatoms. The van der Waals surface area contributed by atoms with Crippen LogP contribution in [0.1, 0.15) is 10.4 Å². The average molecular weight is 280 g/mol. The molecule has 7 nitrogen and oxygen atoms in total. The fraction of sp³-hybridized carbons (Fsp3) is 0.0909. The van der Waals surface area contributed by atoms with Gasteiger partial charge in [0.25, 0.3) is 0 Å². The average Bonchev–Trinajstić information content (AvgIpc) is 2.37. The van der Waals surface area contributed by atoms with E-state index in [1.807, 2.05) is 0 Å². The molecule has 2 aromatic rings. The second-order valence-corrected chi connectivity index (χ2v) is 3.79. The van der Waals surface area contributed by atoms with E-state index >= 15 is 0 Å². The zero-order valence-electron chi connectivity index (χ0n) is 9.92. The van der Waals surface area contributed by atoms with Crippen LogP contribution in [-0.4, -0.2) is 28.0 Å². The van der Waals surface area contributed by atoms with Crippen molar-refractivity contribution in [3.8, 4) is 0 Å². The highest BCUT2D eigenvalue weighted by atomic mass is 35.5. The Bertz CT molecular complexity index is 600. The van der Waals surface area contributed by atoms with Crippen LogP contribution in [0.5, 0.6) is 0 Å². The molecule has 0 spiro atoms. The summed E-state index contributed by atoms with van der Waals surface area (Å²) in [7, 11) is 1.30. The van der Waals surface area contributed by atoms with E-state index in [9.17, 15) is 4.79 Å². The van der Waals surface area contributed by atoms with Crippen LogP contribution < -0.4 is 11.1 Å². The smallest absolute Gasteiger partial charge is 0.339 e. The van der Waals surface area contributed by atoms with Crippen molar-refractivity contribution in [1.82, 2.24) is 15.0 Å². The number of halogens is 1. The number of rotatable bonds is 3. The number of methoxy groups -OCH3 is 1. The van der Waals surface area contributed by atoms with Crippen LogP contribution >= 0.6 is 11.6 Å². The minimum Gasteiger partial charge on any atom is -0.465 e. The Morgan fingerprint density at radius 2 is 2.05 bits per heavy atom. The summed E-state index contributed by atoms with van der Waals surface area (Å²) in [5.74, 6) is -0.344. The Morgan fingerprint density at radius 1 is 1.32 bits per heavy atom. The molecule has 0 fully saturated rings. The summed E-state index contributed by atoms with van der Waals surface area (Å²) in [4.78, 5) is 23.0. The number of nitrogens with one attached hydrogen (secondary N) is 1. The third kappa shape index (κ3) is 3.08. The van der Waals surface area contributed by atoms with E-state index in [1.54, 1.807) is 24.3 Å². The van der Waals surface area contributed by atoms with Gasteiger partial charge in [-0.3, -0.25) is 0 Å². The van der Waals surface area contributed by atoms with Gasteiger partial charge in [0.1, 0.15) is 0 Å². The number of hydrogen-bond donors (Lipinski definition) is 2. The molecule has 0 aliphatic heterocycles. The number of benzene rings is 1. The molecule has 19 heavy (non-hydrogen) atoms. The second kappa shape index (κ2) is 5.49. The predicted octanol–water partition coefficient (Wildman–Crippen LogP) is 1.64. The third-order valence-electron chi connectivity index (χ3n) is 2.20. The number of esters is 1. The zero-order chi connectivity index (χ0) is 13.8. The molecule has 0 aliphatic carbocycles. The van der Waals surface area contributed by atoms with Crippen LogP contribution in [0.25, 0.3) is 0 Å². The number of ether oxygens (including phenoxy) is 1. The van der Waals surface area contributed by atoms with Crippen molar-refractivity contribution in [3.63, 3.8) is 0 Å².